The van der Waals surface area contributed by atoms with E-state index in [2.05, 4.69) is 35.3 Å². The van der Waals surface area contributed by atoms with E-state index >= 15 is 0 Å². The number of fused-ring (bicyclic) bond motifs is 2. The number of hydrogen-bond donors (Lipinski definition) is 1. The van der Waals surface area contributed by atoms with Gasteiger partial charge < -0.3 is 14.6 Å². The number of piperidine rings is 1. The lowest BCUT2D eigenvalue weighted by Crippen LogP contribution is -2.31. The Balaban J connectivity index is 1.42. The standard InChI is InChI=1S/C26H32N2O2/c1-2-19-20-8-4-5-9-24(20)30-25(19)17-22-21-16-18(10-11-23(21)27-26(22)29)12-15-28-13-6-3-7-14-28/h10-11,16-17H,2-9,12-15H2,1H3,(H,27,29). The Morgan fingerprint density at radius 1 is 1.10 bits per heavy atom. The summed E-state index contributed by atoms with van der Waals surface area (Å²) >= 11 is 0. The molecule has 1 saturated heterocycles. The molecule has 30 heavy (non-hydrogen) atoms. The zero-order valence-electron chi connectivity index (χ0n) is 18.1. The Kier molecular flexibility index (Phi) is 5.51. The second kappa shape index (κ2) is 8.43. The van der Waals surface area contributed by atoms with Crippen molar-refractivity contribution in [2.45, 2.75) is 64.7 Å². The van der Waals surface area contributed by atoms with Gasteiger partial charge in [0.05, 0.1) is 5.57 Å². The van der Waals surface area contributed by atoms with Gasteiger partial charge in [-0.15, -0.1) is 0 Å². The summed E-state index contributed by atoms with van der Waals surface area (Å²) < 4.78 is 6.25. The summed E-state index contributed by atoms with van der Waals surface area (Å²) in [5.41, 5.74) is 6.67. The predicted molar refractivity (Wildman–Crippen MR) is 122 cm³/mol. The second-order valence-electron chi connectivity index (χ2n) is 8.95. The van der Waals surface area contributed by atoms with Crippen LogP contribution in [0.5, 0.6) is 0 Å². The summed E-state index contributed by atoms with van der Waals surface area (Å²) in [6.45, 7) is 5.73. The van der Waals surface area contributed by atoms with Crippen molar-refractivity contribution in [3.05, 3.63) is 52.0 Å². The minimum atomic E-state index is -0.0189. The molecule has 3 heterocycles. The number of hydrogen-bond acceptors (Lipinski definition) is 3. The third kappa shape index (κ3) is 3.74. The molecule has 0 saturated carbocycles. The van der Waals surface area contributed by atoms with Crippen molar-refractivity contribution >= 4 is 23.2 Å². The average molecular weight is 405 g/mol. The number of rotatable bonds is 5. The fourth-order valence-electron chi connectivity index (χ4n) is 5.29. The van der Waals surface area contributed by atoms with Crippen molar-refractivity contribution in [1.82, 2.24) is 4.90 Å². The lowest BCUT2D eigenvalue weighted by Gasteiger charge is -2.26. The number of carbonyl (C=O) groups excluding carboxylic acids is 1. The Hall–Kier alpha value is -2.33. The number of nitrogens with one attached hydrogen (secondary N) is 1. The minimum Gasteiger partial charge on any atom is -0.461 e. The fraction of sp³-hybridized carbons (Fsp3) is 0.500. The van der Waals surface area contributed by atoms with Crippen LogP contribution < -0.4 is 5.32 Å². The van der Waals surface area contributed by atoms with Crippen molar-refractivity contribution in [3.63, 3.8) is 0 Å². The molecular formula is C26H32N2O2. The highest BCUT2D eigenvalue weighted by molar-refractivity contribution is 6.34. The number of nitrogens with zero attached hydrogens (tertiary/aromatic N) is 1. The van der Waals surface area contributed by atoms with Gasteiger partial charge in [0.2, 0.25) is 0 Å². The van der Waals surface area contributed by atoms with Crippen LogP contribution in [0.3, 0.4) is 0 Å². The predicted octanol–water partition coefficient (Wildman–Crippen LogP) is 5.24. The van der Waals surface area contributed by atoms with Crippen LogP contribution in [0.4, 0.5) is 5.69 Å². The summed E-state index contributed by atoms with van der Waals surface area (Å²) in [4.78, 5) is 15.3. The van der Waals surface area contributed by atoms with E-state index in [4.69, 9.17) is 4.42 Å². The van der Waals surface area contributed by atoms with Crippen molar-refractivity contribution in [1.29, 1.82) is 0 Å². The highest BCUT2D eigenvalue weighted by Gasteiger charge is 2.27. The number of anilines is 1. The van der Waals surface area contributed by atoms with Crippen LogP contribution in [-0.4, -0.2) is 30.4 Å². The van der Waals surface area contributed by atoms with Gasteiger partial charge in [-0.1, -0.05) is 19.4 Å². The first-order valence-corrected chi connectivity index (χ1v) is 11.7. The van der Waals surface area contributed by atoms with Gasteiger partial charge in [-0.3, -0.25) is 4.79 Å². The highest BCUT2D eigenvalue weighted by atomic mass is 16.3. The Morgan fingerprint density at radius 2 is 1.93 bits per heavy atom. The Morgan fingerprint density at radius 3 is 2.77 bits per heavy atom. The second-order valence-corrected chi connectivity index (χ2v) is 8.95. The summed E-state index contributed by atoms with van der Waals surface area (Å²) in [6.07, 6.45) is 12.5. The summed E-state index contributed by atoms with van der Waals surface area (Å²) in [5.74, 6) is 2.01. The number of carbonyl (C=O) groups is 1. The number of benzene rings is 1. The third-order valence-corrected chi connectivity index (χ3v) is 6.97. The molecule has 1 fully saturated rings. The van der Waals surface area contributed by atoms with Gasteiger partial charge in [-0.2, -0.15) is 0 Å². The SMILES string of the molecule is CCc1c(C=C2C(=O)Nc3ccc(CCN4CCCCC4)cc32)oc2c1CCCC2. The monoisotopic (exact) mass is 404 g/mol. The van der Waals surface area contributed by atoms with E-state index in [1.165, 1.54) is 61.9 Å². The van der Waals surface area contributed by atoms with Gasteiger partial charge in [0.1, 0.15) is 11.5 Å². The summed E-state index contributed by atoms with van der Waals surface area (Å²) in [6, 6.07) is 6.43. The average Bonchev–Trinajstić information content (AvgIpc) is 3.29. The van der Waals surface area contributed by atoms with Crippen LogP contribution in [0.25, 0.3) is 11.6 Å². The van der Waals surface area contributed by atoms with Gasteiger partial charge in [-0.25, -0.2) is 0 Å². The van der Waals surface area contributed by atoms with Gasteiger partial charge in [0.15, 0.2) is 0 Å². The summed E-state index contributed by atoms with van der Waals surface area (Å²) in [7, 11) is 0. The molecule has 5 rings (SSSR count). The van der Waals surface area contributed by atoms with Crippen molar-refractivity contribution in [3.8, 4) is 0 Å². The van der Waals surface area contributed by atoms with Crippen LogP contribution in [0.1, 0.15) is 72.8 Å². The van der Waals surface area contributed by atoms with Gasteiger partial charge in [-0.05, 0) is 87.4 Å². The first-order chi connectivity index (χ1) is 14.7. The molecule has 1 aromatic carbocycles. The number of likely N-dealkylation sites (tertiary alicyclic amines) is 1. The normalized spacial score (nSPS) is 20.3. The van der Waals surface area contributed by atoms with Crippen molar-refractivity contribution in [2.75, 3.05) is 25.0 Å². The lowest BCUT2D eigenvalue weighted by atomic mass is 9.93. The molecule has 0 bridgehead atoms. The van der Waals surface area contributed by atoms with E-state index in [-0.39, 0.29) is 5.91 Å². The van der Waals surface area contributed by atoms with E-state index in [1.54, 1.807) is 0 Å². The van der Waals surface area contributed by atoms with Crippen LogP contribution in [0.2, 0.25) is 0 Å². The van der Waals surface area contributed by atoms with E-state index in [9.17, 15) is 4.79 Å². The maximum absolute atomic E-state index is 12.8. The van der Waals surface area contributed by atoms with Gasteiger partial charge in [0.25, 0.3) is 5.91 Å². The molecule has 2 aliphatic heterocycles. The number of furan rings is 1. The zero-order chi connectivity index (χ0) is 20.5. The third-order valence-electron chi connectivity index (χ3n) is 6.97. The first-order valence-electron chi connectivity index (χ1n) is 11.7. The van der Waals surface area contributed by atoms with Crippen LogP contribution in [-0.2, 0) is 30.5 Å². The van der Waals surface area contributed by atoms with E-state index in [1.807, 2.05) is 6.08 Å². The van der Waals surface area contributed by atoms with E-state index in [0.717, 1.165) is 60.6 Å². The van der Waals surface area contributed by atoms with Gasteiger partial charge in [0, 0.05) is 29.8 Å². The molecule has 1 aliphatic carbocycles. The highest BCUT2D eigenvalue weighted by Crippen LogP contribution is 2.37. The molecule has 4 nitrogen and oxygen atoms in total. The molecule has 0 radical (unpaired) electrons. The van der Waals surface area contributed by atoms with Crippen molar-refractivity contribution in [2.24, 2.45) is 0 Å². The maximum atomic E-state index is 12.8. The molecule has 1 amide bonds. The fourth-order valence-corrected chi connectivity index (χ4v) is 5.29. The first kappa shape index (κ1) is 19.6. The molecule has 4 heteroatoms. The van der Waals surface area contributed by atoms with Crippen LogP contribution in [0.15, 0.2) is 22.6 Å². The zero-order valence-corrected chi connectivity index (χ0v) is 18.1. The molecule has 1 aromatic heterocycles. The summed E-state index contributed by atoms with van der Waals surface area (Å²) in [5, 5.41) is 3.04. The van der Waals surface area contributed by atoms with Crippen LogP contribution in [0, 0.1) is 0 Å². The van der Waals surface area contributed by atoms with Gasteiger partial charge >= 0.3 is 0 Å². The number of amides is 1. The number of aryl methyl sites for hydroxylation is 1. The maximum Gasteiger partial charge on any atom is 0.256 e. The lowest BCUT2D eigenvalue weighted by molar-refractivity contribution is -0.110. The molecule has 0 unspecified atom stereocenters. The van der Waals surface area contributed by atoms with E-state index in [0.29, 0.717) is 0 Å². The van der Waals surface area contributed by atoms with E-state index < -0.39 is 0 Å². The molecule has 2 aromatic rings. The molecule has 1 N–H and O–H groups in total. The Labute approximate surface area is 179 Å². The largest absolute Gasteiger partial charge is 0.461 e. The smallest absolute Gasteiger partial charge is 0.256 e. The molecule has 0 atom stereocenters. The van der Waals surface area contributed by atoms with Crippen LogP contribution >= 0.6 is 0 Å². The topological polar surface area (TPSA) is 45.5 Å². The minimum absolute atomic E-state index is 0.0189. The molecule has 3 aliphatic rings. The molecule has 158 valence electrons. The molecule has 0 spiro atoms. The Bertz CT molecular complexity index is 979. The van der Waals surface area contributed by atoms with Crippen molar-refractivity contribution < 1.29 is 9.21 Å². The molecular weight excluding hydrogens is 372 g/mol. The quantitative estimate of drug-likeness (QED) is 0.693.